The first kappa shape index (κ1) is 40.0. The fraction of sp³-hybridized carbons (Fsp3) is 0.167. The van der Waals surface area contributed by atoms with Crippen LogP contribution in [-0.2, 0) is 43.7 Å². The molecule has 0 aliphatic heterocycles. The van der Waals surface area contributed by atoms with Crippen molar-refractivity contribution in [3.63, 3.8) is 0 Å². The molecule has 8 aromatic rings. The second kappa shape index (κ2) is 17.4. The molecular formula is C48H44Cl2O2SiZr-4. The summed E-state index contributed by atoms with van der Waals surface area (Å²) in [5, 5.41) is 5.37. The van der Waals surface area contributed by atoms with Crippen LogP contribution in [0.5, 0.6) is 0 Å². The Bertz CT molecular complexity index is 2360. The summed E-state index contributed by atoms with van der Waals surface area (Å²) in [6.45, 7) is 7.03. The van der Waals surface area contributed by atoms with Crippen molar-refractivity contribution in [3.05, 3.63) is 170 Å². The molecule has 0 N–H and O–H groups in total. The van der Waals surface area contributed by atoms with E-state index in [0.717, 1.165) is 23.0 Å². The van der Waals surface area contributed by atoms with Gasteiger partial charge in [0.2, 0.25) is 0 Å². The van der Waals surface area contributed by atoms with E-state index < -0.39 is 18.0 Å². The summed E-state index contributed by atoms with van der Waals surface area (Å²) >= 11 is -1.79. The summed E-state index contributed by atoms with van der Waals surface area (Å²) in [4.78, 5) is 0. The van der Waals surface area contributed by atoms with Gasteiger partial charge in [0.1, 0.15) is 0 Å². The molecule has 0 saturated carbocycles. The minimum atomic E-state index is -1.79. The second-order valence-electron chi connectivity index (χ2n) is 13.8. The Kier molecular flexibility index (Phi) is 12.9. The number of halogens is 2. The minimum absolute atomic E-state index is 0. The average molecular weight is 843 g/mol. The van der Waals surface area contributed by atoms with Crippen molar-refractivity contribution in [2.45, 2.75) is 52.4 Å². The van der Waals surface area contributed by atoms with Crippen LogP contribution >= 0.6 is 17.0 Å². The van der Waals surface area contributed by atoms with Gasteiger partial charge < -0.3 is 23.7 Å². The molecule has 6 heteroatoms. The quantitative estimate of drug-likeness (QED) is 0.130. The van der Waals surface area contributed by atoms with Gasteiger partial charge in [-0.2, -0.15) is 0 Å². The van der Waals surface area contributed by atoms with Gasteiger partial charge >= 0.3 is 41.9 Å². The molecule has 10 rings (SSSR count). The van der Waals surface area contributed by atoms with Gasteiger partial charge in [-0.1, -0.05) is 94.0 Å². The Balaban J connectivity index is 0.000000162. The molecule has 274 valence electrons. The van der Waals surface area contributed by atoms with Crippen molar-refractivity contribution in [1.29, 1.82) is 0 Å². The van der Waals surface area contributed by atoms with Crippen molar-refractivity contribution in [1.82, 2.24) is 0 Å². The fourth-order valence-electron chi connectivity index (χ4n) is 8.18. The molecule has 0 saturated heterocycles. The van der Waals surface area contributed by atoms with Crippen molar-refractivity contribution in [2.24, 2.45) is 0 Å². The normalized spacial score (nSPS) is 12.5. The fourth-order valence-corrected chi connectivity index (χ4v) is 8.18. The number of hydrogen-bond acceptors (Lipinski definition) is 2. The van der Waals surface area contributed by atoms with Gasteiger partial charge in [-0.3, -0.25) is 0 Å². The Hall–Kier alpha value is -3.66. The zero-order chi connectivity index (χ0) is 35.8. The van der Waals surface area contributed by atoms with Crippen LogP contribution in [0.1, 0.15) is 46.6 Å². The molecule has 0 spiro atoms. The first-order valence-corrected chi connectivity index (χ1v) is 28.5. The molecule has 2 aliphatic carbocycles. The number of furan rings is 2. The van der Waals surface area contributed by atoms with Crippen LogP contribution in [0.25, 0.3) is 66.4 Å². The molecule has 0 atom stereocenters. The zero-order valence-electron chi connectivity index (χ0n) is 31.4. The number of fused-ring (bicyclic) bond motifs is 4. The Morgan fingerprint density at radius 1 is 0.556 bits per heavy atom. The molecule has 0 amide bonds. The van der Waals surface area contributed by atoms with Crippen molar-refractivity contribution in [2.75, 3.05) is 0 Å². The first-order valence-electron chi connectivity index (χ1n) is 18.0. The number of benzene rings is 4. The van der Waals surface area contributed by atoms with Gasteiger partial charge in [0.25, 0.3) is 0 Å². The van der Waals surface area contributed by atoms with E-state index in [1.165, 1.54) is 105 Å². The molecule has 6 aromatic carbocycles. The van der Waals surface area contributed by atoms with Gasteiger partial charge in [-0.25, -0.2) is 0 Å². The second-order valence-corrected chi connectivity index (χ2v) is 27.4. The molecule has 2 aromatic heterocycles. The molecule has 0 unspecified atom stereocenters. The van der Waals surface area contributed by atoms with Crippen molar-refractivity contribution < 1.29 is 26.8 Å². The molecule has 54 heavy (non-hydrogen) atoms. The topological polar surface area (TPSA) is 26.3 Å². The average Bonchev–Trinajstić information content (AvgIpc) is 3.99. The first-order chi connectivity index (χ1) is 25.3. The number of rotatable bonds is 4. The SMILES string of the molecule is Cc1ccc(-c2cc3c(-c4ccccc4)c4c(cc3[cH-]2)CCC4)o1.Cc1ccc(-c2cc3c(-c4ccccc4)c4c(cc3[cH-]2)CCC4)o1.[CH3-].[CH3-].[Si]=[Zr]([Cl])[Cl]. The Morgan fingerprint density at radius 3 is 1.30 bits per heavy atom. The van der Waals surface area contributed by atoms with Gasteiger partial charge in [-0.05, 0) is 98.9 Å². The van der Waals surface area contributed by atoms with E-state index in [4.69, 9.17) is 25.9 Å². The molecule has 2 nitrogen and oxygen atoms in total. The monoisotopic (exact) mass is 840 g/mol. The summed E-state index contributed by atoms with van der Waals surface area (Å²) in [6.07, 6.45) is 7.32. The zero-order valence-corrected chi connectivity index (χ0v) is 36.3. The van der Waals surface area contributed by atoms with Crippen LogP contribution in [-0.4, -0.2) is 6.88 Å². The number of hydrogen-bond donors (Lipinski definition) is 0. The van der Waals surface area contributed by atoms with E-state index in [9.17, 15) is 0 Å². The van der Waals surface area contributed by atoms with Crippen LogP contribution < -0.4 is 0 Å². The predicted octanol–water partition coefficient (Wildman–Crippen LogP) is 14.5. The summed E-state index contributed by atoms with van der Waals surface area (Å²) in [5.74, 6) is 3.84. The van der Waals surface area contributed by atoms with Crippen LogP contribution in [0.4, 0.5) is 0 Å². The third-order valence-corrected chi connectivity index (χ3v) is 10.3. The Morgan fingerprint density at radius 2 is 0.944 bits per heavy atom. The third kappa shape index (κ3) is 8.29. The molecule has 2 aliphatic rings. The number of aryl methyl sites for hydroxylation is 4. The molecule has 2 radical (unpaired) electrons. The van der Waals surface area contributed by atoms with Gasteiger partial charge in [0.15, 0.2) is 0 Å². The Labute approximate surface area is 337 Å². The summed E-state index contributed by atoms with van der Waals surface area (Å²) < 4.78 is 11.7. The molecule has 0 bridgehead atoms. The molecule has 0 fully saturated rings. The van der Waals surface area contributed by atoms with Gasteiger partial charge in [-0.15, -0.1) is 57.9 Å². The van der Waals surface area contributed by atoms with Gasteiger partial charge in [0, 0.05) is 0 Å². The van der Waals surface area contributed by atoms with E-state index in [0.29, 0.717) is 0 Å². The molecular weight excluding hydrogens is 799 g/mol. The summed E-state index contributed by atoms with van der Waals surface area (Å²) in [7, 11) is 10.3. The van der Waals surface area contributed by atoms with Crippen molar-refractivity contribution in [3.8, 4) is 44.9 Å². The predicted molar refractivity (Wildman–Crippen MR) is 229 cm³/mol. The van der Waals surface area contributed by atoms with Crippen LogP contribution in [0.15, 0.2) is 130 Å². The standard InChI is InChI=1S/2C23H19O.2CH3.2ClH.Si.Zr/c2*1-15-10-11-22(24-15)19-13-18-12-17-8-5-9-20(17)23(21(18)14-19)16-6-3-2-4-7-16;;;;;;/h2*2-4,6-7,10-14H,5,8-9H2,1H3;2*1H3;2*1H;;/q4*-1;;;;+2/p-2. The van der Waals surface area contributed by atoms with Crippen LogP contribution in [0.3, 0.4) is 0 Å². The summed E-state index contributed by atoms with van der Waals surface area (Å²) in [5.41, 5.74) is 14.0. The third-order valence-electron chi connectivity index (χ3n) is 10.3. The maximum atomic E-state index is 5.85. The van der Waals surface area contributed by atoms with E-state index >= 15 is 0 Å². The van der Waals surface area contributed by atoms with E-state index in [-0.39, 0.29) is 14.9 Å². The van der Waals surface area contributed by atoms with Gasteiger partial charge in [0.05, 0.1) is 23.0 Å². The van der Waals surface area contributed by atoms with E-state index in [1.54, 1.807) is 11.1 Å². The van der Waals surface area contributed by atoms with Crippen LogP contribution in [0, 0.1) is 28.7 Å². The maximum absolute atomic E-state index is 5.85. The molecule has 2 heterocycles. The summed E-state index contributed by atoms with van der Waals surface area (Å²) in [6, 6.07) is 43.8. The van der Waals surface area contributed by atoms with Crippen LogP contribution in [0.2, 0.25) is 0 Å². The van der Waals surface area contributed by atoms with E-state index in [2.05, 4.69) is 116 Å². The van der Waals surface area contributed by atoms with E-state index in [1.807, 2.05) is 26.0 Å². The van der Waals surface area contributed by atoms with Crippen molar-refractivity contribution >= 4 is 45.4 Å².